The summed E-state index contributed by atoms with van der Waals surface area (Å²) in [6.07, 6.45) is 1.23. The maximum Gasteiger partial charge on any atom is 0.335 e. The number of nitrogens with zero attached hydrogens (tertiary/aromatic N) is 1. The van der Waals surface area contributed by atoms with Crippen LogP contribution in [0.5, 0.6) is 11.5 Å². The van der Waals surface area contributed by atoms with Gasteiger partial charge in [0.1, 0.15) is 23.1 Å². The molecule has 8 nitrogen and oxygen atoms in total. The lowest BCUT2D eigenvalue weighted by atomic mass is 10.2. The molecule has 0 aromatic heterocycles. The van der Waals surface area contributed by atoms with Crippen LogP contribution in [0.25, 0.3) is 0 Å². The summed E-state index contributed by atoms with van der Waals surface area (Å²) in [5.74, 6) is -0.746. The molecule has 0 aliphatic rings. The van der Waals surface area contributed by atoms with Crippen molar-refractivity contribution in [3.05, 3.63) is 59.8 Å². The van der Waals surface area contributed by atoms with Crippen molar-refractivity contribution in [1.82, 2.24) is 0 Å². The molecule has 27 heavy (non-hydrogen) atoms. The number of nitrogens with one attached hydrogen (secondary N) is 2. The topological polar surface area (TPSA) is 121 Å². The van der Waals surface area contributed by atoms with E-state index < -0.39 is 11.9 Å². The van der Waals surface area contributed by atoms with Crippen molar-refractivity contribution < 1.29 is 24.2 Å². The molecule has 8 heteroatoms. The molecule has 0 saturated carbocycles. The molecule has 2 aromatic rings. The number of hydrogen-bond acceptors (Lipinski definition) is 6. The van der Waals surface area contributed by atoms with E-state index >= 15 is 0 Å². The van der Waals surface area contributed by atoms with Crippen LogP contribution in [0, 0.1) is 11.3 Å². The van der Waals surface area contributed by atoms with Gasteiger partial charge in [-0.05, 0) is 36.4 Å². The fourth-order valence-electron chi connectivity index (χ4n) is 2.11. The van der Waals surface area contributed by atoms with Crippen molar-refractivity contribution >= 4 is 23.3 Å². The minimum absolute atomic E-state index is 0.132. The maximum absolute atomic E-state index is 12.4. The average Bonchev–Trinajstić information content (AvgIpc) is 2.68. The quantitative estimate of drug-likeness (QED) is 0.508. The molecule has 0 saturated heterocycles. The third-order valence-electron chi connectivity index (χ3n) is 3.53. The molecule has 0 aliphatic heterocycles. The zero-order valence-corrected chi connectivity index (χ0v) is 14.6. The summed E-state index contributed by atoms with van der Waals surface area (Å²) in [5.41, 5.74) is 0.836. The second kappa shape index (κ2) is 8.92. The highest BCUT2D eigenvalue weighted by atomic mass is 16.5. The van der Waals surface area contributed by atoms with E-state index in [1.54, 1.807) is 18.2 Å². The van der Waals surface area contributed by atoms with Crippen molar-refractivity contribution in [2.75, 3.05) is 24.9 Å². The van der Waals surface area contributed by atoms with Gasteiger partial charge in [-0.15, -0.1) is 0 Å². The Labute approximate surface area is 155 Å². The van der Waals surface area contributed by atoms with E-state index in [-0.39, 0.29) is 11.1 Å². The molecule has 0 heterocycles. The van der Waals surface area contributed by atoms with E-state index in [0.717, 1.165) is 0 Å². The molecule has 0 bridgehead atoms. The van der Waals surface area contributed by atoms with Gasteiger partial charge in [0, 0.05) is 18.0 Å². The van der Waals surface area contributed by atoms with Crippen molar-refractivity contribution in [1.29, 1.82) is 5.26 Å². The number of hydrogen-bond donors (Lipinski definition) is 3. The number of nitriles is 1. The molecule has 0 aliphatic carbocycles. The van der Waals surface area contributed by atoms with Gasteiger partial charge in [-0.25, -0.2) is 4.79 Å². The monoisotopic (exact) mass is 367 g/mol. The van der Waals surface area contributed by atoms with Crippen LogP contribution in [-0.2, 0) is 4.79 Å². The first-order chi connectivity index (χ1) is 13.0. The second-order valence-electron chi connectivity index (χ2n) is 5.22. The molecule has 0 spiro atoms. The number of benzene rings is 2. The first-order valence-corrected chi connectivity index (χ1v) is 7.72. The van der Waals surface area contributed by atoms with E-state index in [0.29, 0.717) is 22.9 Å². The standard InChI is InChI=1S/C19H17N3O5/c1-26-15-7-8-17(27-2)16(9-15)22-18(23)13(10-20)11-21-14-5-3-12(4-6-14)19(24)25/h3-9,11,21H,1-2H3,(H,22,23)(H,24,25)/b13-11-. The highest BCUT2D eigenvalue weighted by Gasteiger charge is 2.13. The maximum atomic E-state index is 12.4. The third-order valence-corrected chi connectivity index (χ3v) is 3.53. The Morgan fingerprint density at radius 3 is 2.37 bits per heavy atom. The summed E-state index contributed by atoms with van der Waals surface area (Å²) in [7, 11) is 2.95. The summed E-state index contributed by atoms with van der Waals surface area (Å²) in [4.78, 5) is 23.2. The van der Waals surface area contributed by atoms with Crippen LogP contribution in [0.1, 0.15) is 10.4 Å². The molecule has 3 N–H and O–H groups in total. The van der Waals surface area contributed by atoms with Crippen LogP contribution in [0.4, 0.5) is 11.4 Å². The van der Waals surface area contributed by atoms with Crippen LogP contribution in [0.3, 0.4) is 0 Å². The molecule has 1 amide bonds. The number of carboxylic acids is 1. The molecule has 0 unspecified atom stereocenters. The summed E-state index contributed by atoms with van der Waals surface area (Å²) in [6.45, 7) is 0. The van der Waals surface area contributed by atoms with Gasteiger partial charge >= 0.3 is 5.97 Å². The second-order valence-corrected chi connectivity index (χ2v) is 5.22. The Bertz CT molecular complexity index is 914. The zero-order chi connectivity index (χ0) is 19.8. The van der Waals surface area contributed by atoms with Gasteiger partial charge in [-0.3, -0.25) is 4.79 Å². The Kier molecular flexibility index (Phi) is 6.39. The van der Waals surface area contributed by atoms with Gasteiger partial charge in [0.15, 0.2) is 0 Å². The third kappa shape index (κ3) is 4.99. The number of amides is 1. The number of ether oxygens (including phenoxy) is 2. The number of rotatable bonds is 7. The molecule has 138 valence electrons. The number of carbonyl (C=O) groups excluding carboxylic acids is 1. The van der Waals surface area contributed by atoms with Gasteiger partial charge in [-0.1, -0.05) is 0 Å². The van der Waals surface area contributed by atoms with Gasteiger partial charge in [0.05, 0.1) is 25.5 Å². The van der Waals surface area contributed by atoms with Gasteiger partial charge in [0.2, 0.25) is 0 Å². The van der Waals surface area contributed by atoms with E-state index in [1.165, 1.54) is 44.7 Å². The number of carbonyl (C=O) groups is 2. The van der Waals surface area contributed by atoms with Crippen LogP contribution < -0.4 is 20.1 Å². The lowest BCUT2D eigenvalue weighted by Gasteiger charge is -2.11. The lowest BCUT2D eigenvalue weighted by molar-refractivity contribution is -0.112. The molecule has 2 aromatic carbocycles. The average molecular weight is 367 g/mol. The summed E-state index contributed by atoms with van der Waals surface area (Å²) < 4.78 is 10.3. The molecule has 0 atom stereocenters. The summed E-state index contributed by atoms with van der Waals surface area (Å²) in [6, 6.07) is 12.6. The van der Waals surface area contributed by atoms with Crippen molar-refractivity contribution in [2.45, 2.75) is 0 Å². The first kappa shape index (κ1) is 19.3. The Balaban J connectivity index is 2.15. The van der Waals surface area contributed by atoms with E-state index in [1.807, 2.05) is 6.07 Å². The van der Waals surface area contributed by atoms with E-state index in [4.69, 9.17) is 14.6 Å². The Morgan fingerprint density at radius 2 is 1.81 bits per heavy atom. The minimum atomic E-state index is -1.04. The van der Waals surface area contributed by atoms with Crippen LogP contribution in [-0.4, -0.2) is 31.2 Å². The van der Waals surface area contributed by atoms with Gasteiger partial charge < -0.3 is 25.2 Å². The normalized spacial score (nSPS) is 10.5. The predicted molar refractivity (Wildman–Crippen MR) is 98.9 cm³/mol. The largest absolute Gasteiger partial charge is 0.497 e. The first-order valence-electron chi connectivity index (χ1n) is 7.72. The molecule has 0 fully saturated rings. The minimum Gasteiger partial charge on any atom is -0.497 e. The van der Waals surface area contributed by atoms with Crippen molar-refractivity contribution in [3.63, 3.8) is 0 Å². The van der Waals surface area contributed by atoms with Gasteiger partial charge in [0.25, 0.3) is 5.91 Å². The SMILES string of the molecule is COc1ccc(OC)c(NC(=O)/C(C#N)=C\Nc2ccc(C(=O)O)cc2)c1. The van der Waals surface area contributed by atoms with E-state index in [9.17, 15) is 14.9 Å². The van der Waals surface area contributed by atoms with Crippen molar-refractivity contribution in [3.8, 4) is 17.6 Å². The van der Waals surface area contributed by atoms with Crippen molar-refractivity contribution in [2.24, 2.45) is 0 Å². The smallest absolute Gasteiger partial charge is 0.335 e. The molecular weight excluding hydrogens is 350 g/mol. The summed E-state index contributed by atoms with van der Waals surface area (Å²) >= 11 is 0. The highest BCUT2D eigenvalue weighted by Crippen LogP contribution is 2.29. The Morgan fingerprint density at radius 1 is 1.11 bits per heavy atom. The molecule has 2 rings (SSSR count). The number of aromatic carboxylic acids is 1. The van der Waals surface area contributed by atoms with Crippen LogP contribution in [0.2, 0.25) is 0 Å². The fourth-order valence-corrected chi connectivity index (χ4v) is 2.11. The molecule has 0 radical (unpaired) electrons. The van der Waals surface area contributed by atoms with E-state index in [2.05, 4.69) is 10.6 Å². The Hall–Kier alpha value is -3.99. The van der Waals surface area contributed by atoms with Gasteiger partial charge in [-0.2, -0.15) is 5.26 Å². The van der Waals surface area contributed by atoms with Crippen LogP contribution in [0.15, 0.2) is 54.2 Å². The summed E-state index contributed by atoms with van der Waals surface area (Å²) in [5, 5.41) is 23.5. The highest BCUT2D eigenvalue weighted by molar-refractivity contribution is 6.07. The van der Waals surface area contributed by atoms with Crippen LogP contribution >= 0.6 is 0 Å². The number of methoxy groups -OCH3 is 2. The molecular formula is C19H17N3O5. The number of carboxylic acid groups (broad SMARTS) is 1. The fraction of sp³-hybridized carbons (Fsp3) is 0.105. The predicted octanol–water partition coefficient (Wildman–Crippen LogP) is 2.86. The zero-order valence-electron chi connectivity index (χ0n) is 14.6. The number of anilines is 2. The lowest BCUT2D eigenvalue weighted by Crippen LogP contribution is -2.15.